The molecular formula is C14H27F3IN3O. The summed E-state index contributed by atoms with van der Waals surface area (Å²) in [4.78, 5) is 4.32. The van der Waals surface area contributed by atoms with Gasteiger partial charge in [0.1, 0.15) is 0 Å². The van der Waals surface area contributed by atoms with Gasteiger partial charge in [0.25, 0.3) is 0 Å². The highest BCUT2D eigenvalue weighted by Gasteiger charge is 2.42. The summed E-state index contributed by atoms with van der Waals surface area (Å²) >= 11 is 0. The molecule has 0 heterocycles. The predicted molar refractivity (Wildman–Crippen MR) is 92.6 cm³/mol. The molecular weight excluding hydrogens is 410 g/mol. The third kappa shape index (κ3) is 7.85. The van der Waals surface area contributed by atoms with Crippen LogP contribution in [0.2, 0.25) is 0 Å². The lowest BCUT2D eigenvalue weighted by molar-refractivity contribution is -0.183. The summed E-state index contributed by atoms with van der Waals surface area (Å²) in [5.41, 5.74) is 0. The zero-order valence-corrected chi connectivity index (χ0v) is 15.4. The highest BCUT2D eigenvalue weighted by Crippen LogP contribution is 2.37. The van der Waals surface area contributed by atoms with Gasteiger partial charge in [0.15, 0.2) is 5.96 Å². The van der Waals surface area contributed by atoms with Crippen molar-refractivity contribution in [2.75, 3.05) is 19.7 Å². The van der Waals surface area contributed by atoms with Gasteiger partial charge in [-0.2, -0.15) is 13.2 Å². The number of guanidine groups is 1. The molecule has 0 spiro atoms. The van der Waals surface area contributed by atoms with E-state index in [-0.39, 0.29) is 55.4 Å². The number of alkyl halides is 3. The molecule has 0 aromatic heterocycles. The van der Waals surface area contributed by atoms with Gasteiger partial charge in [-0.15, -0.1) is 24.0 Å². The average Bonchev–Trinajstić information content (AvgIpc) is 2.44. The van der Waals surface area contributed by atoms with E-state index in [1.54, 1.807) is 0 Å². The SMILES string of the molecule is CCNC(=NCC(C)CO)NC1CCCC(C(F)(F)F)C1.I. The van der Waals surface area contributed by atoms with Crippen molar-refractivity contribution in [3.63, 3.8) is 0 Å². The van der Waals surface area contributed by atoms with E-state index in [9.17, 15) is 13.2 Å². The maximum Gasteiger partial charge on any atom is 0.391 e. The molecule has 1 aliphatic rings. The second-order valence-corrected chi connectivity index (χ2v) is 5.75. The fourth-order valence-electron chi connectivity index (χ4n) is 2.44. The Labute approximate surface area is 147 Å². The van der Waals surface area contributed by atoms with E-state index in [0.717, 1.165) is 6.42 Å². The third-order valence-electron chi connectivity index (χ3n) is 3.69. The van der Waals surface area contributed by atoms with Crippen LogP contribution in [0.3, 0.4) is 0 Å². The number of aliphatic hydroxyl groups excluding tert-OH is 1. The second-order valence-electron chi connectivity index (χ2n) is 5.75. The van der Waals surface area contributed by atoms with E-state index < -0.39 is 12.1 Å². The van der Waals surface area contributed by atoms with E-state index in [1.165, 1.54) is 0 Å². The zero-order chi connectivity index (χ0) is 15.9. The van der Waals surface area contributed by atoms with Crippen molar-refractivity contribution in [1.29, 1.82) is 0 Å². The Morgan fingerprint density at radius 1 is 1.36 bits per heavy atom. The predicted octanol–water partition coefficient (Wildman–Crippen LogP) is 2.91. The minimum atomic E-state index is -4.11. The molecule has 132 valence electrons. The van der Waals surface area contributed by atoms with E-state index in [1.807, 2.05) is 13.8 Å². The van der Waals surface area contributed by atoms with Crippen molar-refractivity contribution in [2.24, 2.45) is 16.8 Å². The summed E-state index contributed by atoms with van der Waals surface area (Å²) < 4.78 is 38.4. The lowest BCUT2D eigenvalue weighted by Gasteiger charge is -2.32. The standard InChI is InChI=1S/C14H26F3N3O.HI/c1-3-18-13(19-8-10(2)9-21)20-12-6-4-5-11(7-12)14(15,16)17;/h10-12,21H,3-9H2,1-2H3,(H2,18,19,20);1H. The summed E-state index contributed by atoms with van der Waals surface area (Å²) in [6.45, 7) is 4.91. The van der Waals surface area contributed by atoms with E-state index in [2.05, 4.69) is 15.6 Å². The topological polar surface area (TPSA) is 56.7 Å². The van der Waals surface area contributed by atoms with Crippen LogP contribution in [0.25, 0.3) is 0 Å². The average molecular weight is 437 g/mol. The molecule has 0 aromatic rings. The number of hydrogen-bond acceptors (Lipinski definition) is 2. The molecule has 0 saturated heterocycles. The molecule has 1 saturated carbocycles. The van der Waals surface area contributed by atoms with Crippen LogP contribution in [0.4, 0.5) is 13.2 Å². The molecule has 0 bridgehead atoms. The third-order valence-corrected chi connectivity index (χ3v) is 3.69. The minimum Gasteiger partial charge on any atom is -0.396 e. The lowest BCUT2D eigenvalue weighted by Crippen LogP contribution is -2.47. The van der Waals surface area contributed by atoms with Crippen LogP contribution >= 0.6 is 24.0 Å². The zero-order valence-electron chi connectivity index (χ0n) is 13.1. The summed E-state index contributed by atoms with van der Waals surface area (Å²) in [5, 5.41) is 15.1. The van der Waals surface area contributed by atoms with Gasteiger partial charge >= 0.3 is 6.18 Å². The Morgan fingerprint density at radius 3 is 2.59 bits per heavy atom. The van der Waals surface area contributed by atoms with Gasteiger partial charge in [-0.1, -0.05) is 13.3 Å². The molecule has 0 aromatic carbocycles. The van der Waals surface area contributed by atoms with Crippen LogP contribution < -0.4 is 10.6 Å². The molecule has 1 aliphatic carbocycles. The number of halogens is 4. The molecule has 1 rings (SSSR count). The molecule has 3 atom stereocenters. The number of nitrogens with zero attached hydrogens (tertiary/aromatic N) is 1. The number of rotatable bonds is 5. The van der Waals surface area contributed by atoms with Gasteiger partial charge in [0.2, 0.25) is 0 Å². The highest BCUT2D eigenvalue weighted by atomic mass is 127. The first-order valence-electron chi connectivity index (χ1n) is 7.59. The Kier molecular flexibility index (Phi) is 10.4. The Bertz CT molecular complexity index is 340. The van der Waals surface area contributed by atoms with Gasteiger partial charge < -0.3 is 15.7 Å². The molecule has 3 N–H and O–H groups in total. The molecule has 4 nitrogen and oxygen atoms in total. The number of hydrogen-bond donors (Lipinski definition) is 3. The first-order valence-corrected chi connectivity index (χ1v) is 7.59. The fourth-order valence-corrected chi connectivity index (χ4v) is 2.44. The maximum absolute atomic E-state index is 12.8. The van der Waals surface area contributed by atoms with Gasteiger partial charge in [-0.25, -0.2) is 0 Å². The van der Waals surface area contributed by atoms with Gasteiger partial charge in [-0.05, 0) is 32.1 Å². The van der Waals surface area contributed by atoms with Crippen molar-refractivity contribution in [1.82, 2.24) is 10.6 Å². The van der Waals surface area contributed by atoms with Crippen LogP contribution in [-0.2, 0) is 0 Å². The lowest BCUT2D eigenvalue weighted by atomic mass is 9.85. The van der Waals surface area contributed by atoms with E-state index >= 15 is 0 Å². The fraction of sp³-hybridized carbons (Fsp3) is 0.929. The Morgan fingerprint density at radius 2 is 2.05 bits per heavy atom. The summed E-state index contributed by atoms with van der Waals surface area (Å²) in [6.07, 6.45) is -2.48. The number of aliphatic hydroxyl groups is 1. The van der Waals surface area contributed by atoms with Crippen LogP contribution in [0.5, 0.6) is 0 Å². The molecule has 0 amide bonds. The van der Waals surface area contributed by atoms with Crippen LogP contribution in [0, 0.1) is 11.8 Å². The van der Waals surface area contributed by atoms with Crippen LogP contribution in [0.1, 0.15) is 39.5 Å². The molecule has 1 fully saturated rings. The smallest absolute Gasteiger partial charge is 0.391 e. The van der Waals surface area contributed by atoms with Gasteiger partial charge in [-0.3, -0.25) is 4.99 Å². The Balaban J connectivity index is 0.00000441. The van der Waals surface area contributed by atoms with Gasteiger partial charge in [0, 0.05) is 25.7 Å². The van der Waals surface area contributed by atoms with Crippen molar-refractivity contribution in [3.8, 4) is 0 Å². The molecule has 0 radical (unpaired) electrons. The molecule has 0 aliphatic heterocycles. The van der Waals surface area contributed by atoms with Crippen molar-refractivity contribution >= 4 is 29.9 Å². The number of nitrogens with one attached hydrogen (secondary N) is 2. The van der Waals surface area contributed by atoms with Crippen LogP contribution in [-0.4, -0.2) is 43.0 Å². The van der Waals surface area contributed by atoms with Crippen molar-refractivity contribution in [3.05, 3.63) is 0 Å². The maximum atomic E-state index is 12.8. The van der Waals surface area contributed by atoms with E-state index in [0.29, 0.717) is 25.5 Å². The first kappa shape index (κ1) is 21.8. The summed E-state index contributed by atoms with van der Waals surface area (Å²) in [6, 6.07) is -0.201. The Hall–Kier alpha value is -0.250. The van der Waals surface area contributed by atoms with Crippen molar-refractivity contribution in [2.45, 2.75) is 51.7 Å². The highest BCUT2D eigenvalue weighted by molar-refractivity contribution is 14.0. The first-order chi connectivity index (χ1) is 9.86. The summed E-state index contributed by atoms with van der Waals surface area (Å²) in [5.74, 6) is -0.650. The normalized spacial score (nSPS) is 24.4. The van der Waals surface area contributed by atoms with Crippen molar-refractivity contribution < 1.29 is 18.3 Å². The minimum absolute atomic E-state index is 0. The van der Waals surface area contributed by atoms with E-state index in [4.69, 9.17) is 5.11 Å². The quantitative estimate of drug-likeness (QED) is 0.352. The number of aliphatic imine (C=N–C) groups is 1. The largest absolute Gasteiger partial charge is 0.396 e. The molecule has 22 heavy (non-hydrogen) atoms. The molecule has 3 unspecified atom stereocenters. The van der Waals surface area contributed by atoms with Gasteiger partial charge in [0.05, 0.1) is 5.92 Å². The monoisotopic (exact) mass is 437 g/mol. The summed E-state index contributed by atoms with van der Waals surface area (Å²) in [7, 11) is 0. The second kappa shape index (κ2) is 10.5. The van der Waals surface area contributed by atoms with Crippen LogP contribution in [0.15, 0.2) is 4.99 Å². The molecule has 8 heteroatoms.